The molecule has 7 nitrogen and oxygen atoms in total. The van der Waals surface area contributed by atoms with Gasteiger partial charge in [0.25, 0.3) is 0 Å². The van der Waals surface area contributed by atoms with Gasteiger partial charge in [0.15, 0.2) is 17.1 Å². The molecule has 0 radical (unpaired) electrons. The largest absolute Gasteiger partial charge is 0.493 e. The van der Waals surface area contributed by atoms with Crippen LogP contribution in [0.5, 0.6) is 11.5 Å². The topological polar surface area (TPSA) is 85.6 Å². The van der Waals surface area contributed by atoms with Crippen LogP contribution in [-0.2, 0) is 12.0 Å². The monoisotopic (exact) mass is 383 g/mol. The number of hydrogen-bond donors (Lipinski definition) is 2. The van der Waals surface area contributed by atoms with Gasteiger partial charge in [0.2, 0.25) is 5.89 Å². The third-order valence-electron chi connectivity index (χ3n) is 4.19. The molecule has 0 aliphatic heterocycles. The number of benzene rings is 2. The summed E-state index contributed by atoms with van der Waals surface area (Å²) in [5.74, 6) is 1.93. The molecule has 0 fully saturated rings. The molecule has 2 aromatic carbocycles. The van der Waals surface area contributed by atoms with Gasteiger partial charge in [0.1, 0.15) is 5.52 Å². The fourth-order valence-electron chi connectivity index (χ4n) is 2.67. The maximum absolute atomic E-state index is 12.2. The molecule has 2 N–H and O–H groups in total. The number of methoxy groups -OCH3 is 2. The zero-order valence-electron chi connectivity index (χ0n) is 16.8. The van der Waals surface area contributed by atoms with E-state index >= 15 is 0 Å². The first-order chi connectivity index (χ1) is 13.3. The van der Waals surface area contributed by atoms with Crippen LogP contribution in [0.3, 0.4) is 0 Å². The minimum Gasteiger partial charge on any atom is -0.493 e. The Bertz CT molecular complexity index is 989. The number of hydrogen-bond acceptors (Lipinski definition) is 5. The van der Waals surface area contributed by atoms with Gasteiger partial charge in [-0.3, -0.25) is 0 Å². The van der Waals surface area contributed by atoms with Gasteiger partial charge >= 0.3 is 6.03 Å². The second-order valence-electron chi connectivity index (χ2n) is 7.45. The van der Waals surface area contributed by atoms with Crippen LogP contribution in [0.15, 0.2) is 40.8 Å². The van der Waals surface area contributed by atoms with Crippen LogP contribution in [0.25, 0.3) is 11.1 Å². The van der Waals surface area contributed by atoms with Crippen LogP contribution in [0.1, 0.15) is 32.2 Å². The summed E-state index contributed by atoms with van der Waals surface area (Å²) >= 11 is 0. The third-order valence-corrected chi connectivity index (χ3v) is 4.19. The molecule has 0 aliphatic rings. The highest BCUT2D eigenvalue weighted by Crippen LogP contribution is 2.28. The van der Waals surface area contributed by atoms with E-state index in [2.05, 4.69) is 15.6 Å². The lowest BCUT2D eigenvalue weighted by Gasteiger charge is -2.11. The van der Waals surface area contributed by atoms with E-state index in [0.29, 0.717) is 40.7 Å². The van der Waals surface area contributed by atoms with Gasteiger partial charge in [0.05, 0.1) is 14.2 Å². The highest BCUT2D eigenvalue weighted by atomic mass is 16.5. The molecule has 1 heterocycles. The fraction of sp³-hybridized carbons (Fsp3) is 0.333. The summed E-state index contributed by atoms with van der Waals surface area (Å²) in [6, 6.07) is 10.6. The SMILES string of the molecule is COc1ccc(CNC(=O)Nc2ccc3oc(C(C)(C)C)nc3c2)cc1OC. The summed E-state index contributed by atoms with van der Waals surface area (Å²) in [7, 11) is 3.16. The Balaban J connectivity index is 1.64. The maximum atomic E-state index is 12.2. The second kappa shape index (κ2) is 7.80. The van der Waals surface area contributed by atoms with Crippen LogP contribution in [0.2, 0.25) is 0 Å². The number of ether oxygens (including phenoxy) is 2. The van der Waals surface area contributed by atoms with E-state index in [1.807, 2.05) is 39.0 Å². The van der Waals surface area contributed by atoms with Crippen molar-refractivity contribution in [3.8, 4) is 11.5 Å². The summed E-state index contributed by atoms with van der Waals surface area (Å²) in [5, 5.41) is 5.64. The molecule has 28 heavy (non-hydrogen) atoms. The first kappa shape index (κ1) is 19.5. The van der Waals surface area contributed by atoms with Gasteiger partial charge in [0, 0.05) is 17.6 Å². The number of oxazole rings is 1. The molecule has 0 atom stereocenters. The third kappa shape index (κ3) is 4.36. The molecule has 7 heteroatoms. The number of amides is 2. The van der Waals surface area contributed by atoms with Crippen molar-refractivity contribution in [3.05, 3.63) is 47.9 Å². The Morgan fingerprint density at radius 2 is 1.82 bits per heavy atom. The fourth-order valence-corrected chi connectivity index (χ4v) is 2.67. The van der Waals surface area contributed by atoms with Crippen LogP contribution < -0.4 is 20.1 Å². The van der Waals surface area contributed by atoms with Crippen molar-refractivity contribution in [2.24, 2.45) is 0 Å². The second-order valence-corrected chi connectivity index (χ2v) is 7.45. The van der Waals surface area contributed by atoms with Gasteiger partial charge in [-0.25, -0.2) is 9.78 Å². The minimum atomic E-state index is -0.311. The summed E-state index contributed by atoms with van der Waals surface area (Å²) < 4.78 is 16.3. The van der Waals surface area contributed by atoms with Crippen molar-refractivity contribution < 1.29 is 18.7 Å². The molecule has 148 valence electrons. The molecule has 0 aliphatic carbocycles. The molecular weight excluding hydrogens is 358 g/mol. The number of rotatable bonds is 5. The van der Waals surface area contributed by atoms with Crippen molar-refractivity contribution in [2.75, 3.05) is 19.5 Å². The Kier molecular flexibility index (Phi) is 5.44. The smallest absolute Gasteiger partial charge is 0.319 e. The summed E-state index contributed by atoms with van der Waals surface area (Å²) in [6.45, 7) is 6.47. The number of nitrogens with zero attached hydrogens (tertiary/aromatic N) is 1. The van der Waals surface area contributed by atoms with Crippen LogP contribution in [0, 0.1) is 0 Å². The molecule has 1 aromatic heterocycles. The van der Waals surface area contributed by atoms with Gasteiger partial charge in [-0.1, -0.05) is 26.8 Å². The molecule has 0 bridgehead atoms. The van der Waals surface area contributed by atoms with Crippen LogP contribution in [0.4, 0.5) is 10.5 Å². The quantitative estimate of drug-likeness (QED) is 0.679. The minimum absolute atomic E-state index is 0.177. The van der Waals surface area contributed by atoms with Gasteiger partial charge in [-0.2, -0.15) is 0 Å². The number of carbonyl (C=O) groups excluding carboxylic acids is 1. The predicted octanol–water partition coefficient (Wildman–Crippen LogP) is 4.46. The Hall–Kier alpha value is -3.22. The van der Waals surface area contributed by atoms with Gasteiger partial charge in [-0.15, -0.1) is 0 Å². The predicted molar refractivity (Wildman–Crippen MR) is 108 cm³/mol. The van der Waals surface area contributed by atoms with E-state index in [9.17, 15) is 4.79 Å². The van der Waals surface area contributed by atoms with Gasteiger partial charge in [-0.05, 0) is 35.9 Å². The number of anilines is 1. The Morgan fingerprint density at radius 1 is 1.07 bits per heavy atom. The molecule has 0 unspecified atom stereocenters. The van der Waals surface area contributed by atoms with Crippen LogP contribution in [-0.4, -0.2) is 25.2 Å². The van der Waals surface area contributed by atoms with E-state index in [1.54, 1.807) is 32.4 Å². The maximum Gasteiger partial charge on any atom is 0.319 e. The van der Waals surface area contributed by atoms with Crippen molar-refractivity contribution in [2.45, 2.75) is 32.7 Å². The number of aromatic nitrogens is 1. The number of urea groups is 1. The average molecular weight is 383 g/mol. The molecular formula is C21H25N3O4. The summed E-state index contributed by atoms with van der Waals surface area (Å²) in [6.07, 6.45) is 0. The summed E-state index contributed by atoms with van der Waals surface area (Å²) in [5.41, 5.74) is 2.77. The Morgan fingerprint density at radius 3 is 2.50 bits per heavy atom. The van der Waals surface area contributed by atoms with E-state index in [-0.39, 0.29) is 11.4 Å². The molecule has 0 spiro atoms. The zero-order chi connectivity index (χ0) is 20.3. The van der Waals surface area contributed by atoms with Crippen molar-refractivity contribution in [1.82, 2.24) is 10.3 Å². The van der Waals surface area contributed by atoms with Crippen LogP contribution >= 0.6 is 0 Å². The number of fused-ring (bicyclic) bond motifs is 1. The highest BCUT2D eigenvalue weighted by molar-refractivity contribution is 5.91. The Labute approximate surface area is 164 Å². The normalized spacial score (nSPS) is 11.3. The first-order valence-electron chi connectivity index (χ1n) is 8.97. The van der Waals surface area contributed by atoms with E-state index in [0.717, 1.165) is 5.56 Å². The van der Waals surface area contributed by atoms with E-state index in [4.69, 9.17) is 13.9 Å². The molecule has 3 aromatic rings. The van der Waals surface area contributed by atoms with E-state index in [1.165, 1.54) is 0 Å². The standard InChI is InChI=1S/C21H25N3O4/c1-21(2,3)19-24-15-11-14(7-9-16(15)28-19)23-20(25)22-12-13-6-8-17(26-4)18(10-13)27-5/h6-11H,12H2,1-5H3,(H2,22,23,25). The molecule has 0 saturated heterocycles. The van der Waals surface area contributed by atoms with Crippen molar-refractivity contribution in [3.63, 3.8) is 0 Å². The highest BCUT2D eigenvalue weighted by Gasteiger charge is 2.21. The van der Waals surface area contributed by atoms with Crippen molar-refractivity contribution in [1.29, 1.82) is 0 Å². The lowest BCUT2D eigenvalue weighted by molar-refractivity contribution is 0.251. The zero-order valence-corrected chi connectivity index (χ0v) is 16.8. The lowest BCUT2D eigenvalue weighted by Crippen LogP contribution is -2.28. The lowest BCUT2D eigenvalue weighted by atomic mass is 9.97. The number of nitrogens with one attached hydrogen (secondary N) is 2. The average Bonchev–Trinajstić information content (AvgIpc) is 3.10. The van der Waals surface area contributed by atoms with Gasteiger partial charge < -0.3 is 24.5 Å². The van der Waals surface area contributed by atoms with E-state index < -0.39 is 0 Å². The molecule has 2 amide bonds. The molecule has 3 rings (SSSR count). The molecule has 0 saturated carbocycles. The summed E-state index contributed by atoms with van der Waals surface area (Å²) in [4.78, 5) is 16.8. The first-order valence-corrected chi connectivity index (χ1v) is 8.97. The number of carbonyl (C=O) groups is 1. The van der Waals surface area contributed by atoms with Crippen molar-refractivity contribution >= 4 is 22.8 Å².